The molecule has 1 amide bonds. The lowest BCUT2D eigenvalue weighted by atomic mass is 10.2. The van der Waals surface area contributed by atoms with Crippen LogP contribution in [0, 0.1) is 0 Å². The summed E-state index contributed by atoms with van der Waals surface area (Å²) >= 11 is 12.1. The Morgan fingerprint density at radius 3 is 2.92 bits per heavy atom. The molecule has 1 aromatic carbocycles. The summed E-state index contributed by atoms with van der Waals surface area (Å²) in [5, 5.41) is 5.75. The number of fused-ring (bicyclic) bond motifs is 1. The van der Waals surface area contributed by atoms with E-state index in [0.717, 1.165) is 18.5 Å². The number of aromatic nitrogens is 1. The zero-order valence-corrected chi connectivity index (χ0v) is 14.3. The first-order chi connectivity index (χ1) is 11.6. The first-order valence-corrected chi connectivity index (χ1v) is 8.25. The van der Waals surface area contributed by atoms with Crippen molar-refractivity contribution >= 4 is 46.2 Å². The Morgan fingerprint density at radius 2 is 2.12 bits per heavy atom. The first kappa shape index (κ1) is 17.1. The van der Waals surface area contributed by atoms with E-state index in [-0.39, 0.29) is 5.91 Å². The smallest absolute Gasteiger partial charge is 0.254 e. The standard InChI is InChI=1S/C16H16Cl2N4O2/c17-13-2-1-11-7-12(16(18)20-14(11)8-13)9-19-21-15(23)10-22-3-5-24-6-4-22/h1-2,7-9H,3-6,10H2,(H,21,23)/b19-9-. The van der Waals surface area contributed by atoms with Crippen molar-refractivity contribution in [1.82, 2.24) is 15.3 Å². The normalized spacial score (nSPS) is 15.9. The molecule has 0 unspecified atom stereocenters. The molecule has 0 atom stereocenters. The van der Waals surface area contributed by atoms with E-state index in [1.54, 1.807) is 12.1 Å². The van der Waals surface area contributed by atoms with Crippen molar-refractivity contribution in [3.05, 3.63) is 40.0 Å². The van der Waals surface area contributed by atoms with Gasteiger partial charge in [0.1, 0.15) is 5.15 Å². The summed E-state index contributed by atoms with van der Waals surface area (Å²) in [7, 11) is 0. The van der Waals surface area contributed by atoms with E-state index in [2.05, 4.69) is 15.5 Å². The summed E-state index contributed by atoms with van der Waals surface area (Å²) < 4.78 is 5.24. The molecule has 0 aliphatic carbocycles. The molecule has 0 saturated carbocycles. The summed E-state index contributed by atoms with van der Waals surface area (Å²) in [5.41, 5.74) is 3.84. The number of nitrogens with zero attached hydrogens (tertiary/aromatic N) is 3. The zero-order chi connectivity index (χ0) is 16.9. The Kier molecular flexibility index (Phi) is 5.63. The minimum atomic E-state index is -0.176. The highest BCUT2D eigenvalue weighted by atomic mass is 35.5. The third-order valence-electron chi connectivity index (χ3n) is 3.62. The van der Waals surface area contributed by atoms with Gasteiger partial charge < -0.3 is 4.74 Å². The summed E-state index contributed by atoms with van der Waals surface area (Å²) in [5.74, 6) is -0.176. The maximum atomic E-state index is 11.9. The maximum absolute atomic E-state index is 11.9. The van der Waals surface area contributed by atoms with Crippen molar-refractivity contribution < 1.29 is 9.53 Å². The van der Waals surface area contributed by atoms with E-state index in [1.807, 2.05) is 17.0 Å². The fourth-order valence-corrected chi connectivity index (χ4v) is 2.76. The average molecular weight is 367 g/mol. The largest absolute Gasteiger partial charge is 0.379 e. The van der Waals surface area contributed by atoms with Crippen molar-refractivity contribution in [1.29, 1.82) is 0 Å². The van der Waals surface area contributed by atoms with Crippen LogP contribution in [-0.4, -0.2) is 54.9 Å². The van der Waals surface area contributed by atoms with Crippen molar-refractivity contribution in [3.8, 4) is 0 Å². The molecule has 24 heavy (non-hydrogen) atoms. The predicted molar refractivity (Wildman–Crippen MR) is 94.8 cm³/mol. The molecular formula is C16H16Cl2N4O2. The van der Waals surface area contributed by atoms with E-state index < -0.39 is 0 Å². The van der Waals surface area contributed by atoms with Crippen LogP contribution >= 0.6 is 23.2 Å². The van der Waals surface area contributed by atoms with Gasteiger partial charge in [-0.15, -0.1) is 0 Å². The van der Waals surface area contributed by atoms with Gasteiger partial charge in [-0.05, 0) is 18.2 Å². The van der Waals surface area contributed by atoms with Crippen molar-refractivity contribution in [2.75, 3.05) is 32.8 Å². The molecule has 2 heterocycles. The molecule has 8 heteroatoms. The molecule has 1 fully saturated rings. The van der Waals surface area contributed by atoms with Gasteiger partial charge in [0.2, 0.25) is 0 Å². The van der Waals surface area contributed by atoms with Crippen molar-refractivity contribution in [2.45, 2.75) is 0 Å². The summed E-state index contributed by atoms with van der Waals surface area (Å²) in [6, 6.07) is 7.23. The van der Waals surface area contributed by atoms with Crippen LogP contribution < -0.4 is 5.43 Å². The van der Waals surface area contributed by atoms with Crippen LogP contribution in [0.5, 0.6) is 0 Å². The molecule has 3 rings (SSSR count). The minimum absolute atomic E-state index is 0.176. The highest BCUT2D eigenvalue weighted by molar-refractivity contribution is 6.33. The van der Waals surface area contributed by atoms with Crippen LogP contribution in [0.25, 0.3) is 10.9 Å². The van der Waals surface area contributed by atoms with Gasteiger partial charge in [-0.2, -0.15) is 5.10 Å². The van der Waals surface area contributed by atoms with Gasteiger partial charge in [0.05, 0.1) is 31.5 Å². The number of carbonyl (C=O) groups is 1. The molecular weight excluding hydrogens is 351 g/mol. The lowest BCUT2D eigenvalue weighted by Crippen LogP contribution is -2.42. The molecule has 6 nitrogen and oxygen atoms in total. The van der Waals surface area contributed by atoms with Gasteiger partial charge in [0.15, 0.2) is 0 Å². The van der Waals surface area contributed by atoms with Gasteiger partial charge in [0, 0.05) is 29.1 Å². The molecule has 0 radical (unpaired) electrons. The molecule has 1 saturated heterocycles. The lowest BCUT2D eigenvalue weighted by Gasteiger charge is -2.25. The molecule has 1 aromatic heterocycles. The SMILES string of the molecule is O=C(CN1CCOCC1)N/N=C\c1cc2ccc(Cl)cc2nc1Cl. The Morgan fingerprint density at radius 1 is 1.33 bits per heavy atom. The van der Waals surface area contributed by atoms with Crippen LogP contribution in [0.2, 0.25) is 10.2 Å². The number of halogens is 2. The van der Waals surface area contributed by atoms with Crippen molar-refractivity contribution in [3.63, 3.8) is 0 Å². The molecule has 1 N–H and O–H groups in total. The van der Waals surface area contributed by atoms with Crippen LogP contribution in [0.15, 0.2) is 29.4 Å². The molecule has 126 valence electrons. The predicted octanol–water partition coefficient (Wildman–Crippen LogP) is 2.32. The number of pyridine rings is 1. The lowest BCUT2D eigenvalue weighted by molar-refractivity contribution is -0.123. The van der Waals surface area contributed by atoms with E-state index in [9.17, 15) is 4.79 Å². The molecule has 0 spiro atoms. The summed E-state index contributed by atoms with van der Waals surface area (Å²) in [6.45, 7) is 3.10. The summed E-state index contributed by atoms with van der Waals surface area (Å²) in [6.07, 6.45) is 1.49. The highest BCUT2D eigenvalue weighted by Gasteiger charge is 2.13. The first-order valence-electron chi connectivity index (χ1n) is 7.49. The van der Waals surface area contributed by atoms with Gasteiger partial charge in [-0.1, -0.05) is 29.3 Å². The van der Waals surface area contributed by atoms with Crippen LogP contribution in [0.3, 0.4) is 0 Å². The van der Waals surface area contributed by atoms with Crippen LogP contribution in [0.4, 0.5) is 0 Å². The number of rotatable bonds is 4. The molecule has 1 aliphatic rings. The van der Waals surface area contributed by atoms with Crippen molar-refractivity contribution in [2.24, 2.45) is 5.10 Å². The number of nitrogens with one attached hydrogen (secondary N) is 1. The highest BCUT2D eigenvalue weighted by Crippen LogP contribution is 2.22. The Hall–Kier alpha value is -1.73. The second-order valence-electron chi connectivity index (χ2n) is 5.39. The molecule has 2 aromatic rings. The third-order valence-corrected chi connectivity index (χ3v) is 4.16. The van der Waals surface area contributed by atoms with E-state index in [4.69, 9.17) is 27.9 Å². The zero-order valence-electron chi connectivity index (χ0n) is 12.8. The Labute approximate surface area is 149 Å². The second kappa shape index (κ2) is 7.90. The van der Waals surface area contributed by atoms with Gasteiger partial charge >= 0.3 is 0 Å². The number of amides is 1. The third kappa shape index (κ3) is 4.42. The molecule has 1 aliphatic heterocycles. The quantitative estimate of drug-likeness (QED) is 0.512. The number of ether oxygens (including phenoxy) is 1. The number of hydrogen-bond acceptors (Lipinski definition) is 5. The number of hydrazone groups is 1. The fourth-order valence-electron chi connectivity index (χ4n) is 2.40. The van der Waals surface area contributed by atoms with E-state index in [0.29, 0.717) is 41.0 Å². The number of morpholine rings is 1. The van der Waals surface area contributed by atoms with Gasteiger partial charge in [-0.3, -0.25) is 9.69 Å². The van der Waals surface area contributed by atoms with Gasteiger partial charge in [0.25, 0.3) is 5.91 Å². The summed E-state index contributed by atoms with van der Waals surface area (Å²) in [4.78, 5) is 18.2. The maximum Gasteiger partial charge on any atom is 0.254 e. The van der Waals surface area contributed by atoms with E-state index >= 15 is 0 Å². The molecule has 0 bridgehead atoms. The number of carbonyl (C=O) groups excluding carboxylic acids is 1. The number of hydrogen-bond donors (Lipinski definition) is 1. The van der Waals surface area contributed by atoms with Crippen LogP contribution in [-0.2, 0) is 9.53 Å². The van der Waals surface area contributed by atoms with Crippen LogP contribution in [0.1, 0.15) is 5.56 Å². The van der Waals surface area contributed by atoms with E-state index in [1.165, 1.54) is 6.21 Å². The van der Waals surface area contributed by atoms with Gasteiger partial charge in [-0.25, -0.2) is 10.4 Å². The minimum Gasteiger partial charge on any atom is -0.379 e. The monoisotopic (exact) mass is 366 g/mol. The Bertz CT molecular complexity index is 776. The second-order valence-corrected chi connectivity index (χ2v) is 6.18. The fraction of sp³-hybridized carbons (Fsp3) is 0.312. The Balaban J connectivity index is 1.63. The topological polar surface area (TPSA) is 66.8 Å². The number of benzene rings is 1. The average Bonchev–Trinajstić information content (AvgIpc) is 2.56.